The maximum atomic E-state index is 11.5. The first kappa shape index (κ1) is 24.2. The zero-order valence-corrected chi connectivity index (χ0v) is 17.1. The third-order valence-corrected chi connectivity index (χ3v) is 4.55. The highest BCUT2D eigenvalue weighted by atomic mass is 16.3. The zero-order chi connectivity index (χ0) is 20.1. The van der Waals surface area contributed by atoms with E-state index in [4.69, 9.17) is 5.11 Å². The fourth-order valence-corrected chi connectivity index (χ4v) is 3.53. The average molecular weight is 361 g/mol. The van der Waals surface area contributed by atoms with Crippen LogP contribution in [0.1, 0.15) is 49.0 Å². The fourth-order valence-electron chi connectivity index (χ4n) is 3.53. The van der Waals surface area contributed by atoms with Gasteiger partial charge in [-0.25, -0.2) is 0 Å². The van der Waals surface area contributed by atoms with Crippen molar-refractivity contribution in [3.63, 3.8) is 0 Å². The Labute approximate surface area is 160 Å². The fraction of sp³-hybridized carbons (Fsp3) is 0.591. The molecule has 2 bridgehead atoms. The van der Waals surface area contributed by atoms with Gasteiger partial charge in [-0.2, -0.15) is 0 Å². The summed E-state index contributed by atoms with van der Waals surface area (Å²) in [6.07, 6.45) is 12.5. The third-order valence-electron chi connectivity index (χ3n) is 4.55. The van der Waals surface area contributed by atoms with Gasteiger partial charge in [-0.1, -0.05) is 26.0 Å². The number of benzene rings is 1. The highest BCUT2D eigenvalue weighted by Gasteiger charge is 2.30. The Morgan fingerprint density at radius 3 is 2.19 bits per heavy atom. The number of carbonyl (C=O) groups excluding carboxylic acids is 1. The highest BCUT2D eigenvalue weighted by molar-refractivity contribution is 5.94. The summed E-state index contributed by atoms with van der Waals surface area (Å²) in [5.41, 5.74) is 1.37. The Hall–Kier alpha value is -1.83. The molecular formula is C22H36N2O2. The number of fused-ring (bicyclic) bond motifs is 2. The molecule has 1 aliphatic heterocycles. The van der Waals surface area contributed by atoms with E-state index in [1.807, 2.05) is 13.8 Å². The van der Waals surface area contributed by atoms with Crippen molar-refractivity contribution in [3.05, 3.63) is 35.4 Å². The van der Waals surface area contributed by atoms with Gasteiger partial charge >= 0.3 is 0 Å². The summed E-state index contributed by atoms with van der Waals surface area (Å²) in [6.45, 7) is 6.71. The molecular weight excluding hydrogens is 324 g/mol. The number of piperidine rings is 1. The Kier molecular flexibility index (Phi) is 12.4. The monoisotopic (exact) mass is 360 g/mol. The summed E-state index contributed by atoms with van der Waals surface area (Å²) in [5.74, 6) is 2.08. The summed E-state index contributed by atoms with van der Waals surface area (Å²) in [4.78, 5) is 15.5. The summed E-state index contributed by atoms with van der Waals surface area (Å²) in [5, 5.41) is 8.86. The normalized spacial score (nSPS) is 20.3. The van der Waals surface area contributed by atoms with E-state index in [2.05, 4.69) is 24.8 Å². The van der Waals surface area contributed by atoms with Crippen LogP contribution in [0.15, 0.2) is 24.3 Å². The second-order valence-corrected chi connectivity index (χ2v) is 6.82. The van der Waals surface area contributed by atoms with E-state index in [0.717, 1.165) is 17.4 Å². The molecule has 0 aromatic heterocycles. The van der Waals surface area contributed by atoms with E-state index < -0.39 is 0 Å². The van der Waals surface area contributed by atoms with Crippen molar-refractivity contribution in [2.24, 2.45) is 11.8 Å². The second-order valence-electron chi connectivity index (χ2n) is 6.82. The summed E-state index contributed by atoms with van der Waals surface area (Å²) in [7, 11) is 5.66. The van der Waals surface area contributed by atoms with Gasteiger partial charge in [0.2, 0.25) is 0 Å². The number of rotatable bonds is 2. The predicted molar refractivity (Wildman–Crippen MR) is 110 cm³/mol. The zero-order valence-electron chi connectivity index (χ0n) is 17.1. The van der Waals surface area contributed by atoms with E-state index in [-0.39, 0.29) is 12.5 Å². The number of nitrogens with zero attached hydrogens (tertiary/aromatic N) is 2. The van der Waals surface area contributed by atoms with Gasteiger partial charge in [0.1, 0.15) is 0 Å². The van der Waals surface area contributed by atoms with Gasteiger partial charge in [-0.3, -0.25) is 4.79 Å². The van der Waals surface area contributed by atoms with Crippen LogP contribution in [-0.2, 0) is 6.61 Å². The van der Waals surface area contributed by atoms with Crippen molar-refractivity contribution in [3.8, 4) is 12.8 Å². The van der Waals surface area contributed by atoms with Crippen LogP contribution in [0.25, 0.3) is 0 Å². The minimum atomic E-state index is -0.0460. The van der Waals surface area contributed by atoms with Gasteiger partial charge in [0.05, 0.1) is 6.61 Å². The summed E-state index contributed by atoms with van der Waals surface area (Å²) >= 11 is 0. The van der Waals surface area contributed by atoms with Crippen LogP contribution in [0.5, 0.6) is 0 Å². The molecule has 1 aromatic carbocycles. The topological polar surface area (TPSA) is 43.8 Å². The molecule has 2 atom stereocenters. The van der Waals surface area contributed by atoms with Gasteiger partial charge in [0, 0.05) is 32.7 Å². The first-order valence-electron chi connectivity index (χ1n) is 9.43. The quantitative estimate of drug-likeness (QED) is 0.821. The molecule has 2 fully saturated rings. The maximum Gasteiger partial charge on any atom is 0.253 e. The average Bonchev–Trinajstić information content (AvgIpc) is 3.03. The molecule has 1 N–H and O–H groups in total. The van der Waals surface area contributed by atoms with Crippen molar-refractivity contribution >= 4 is 5.91 Å². The van der Waals surface area contributed by atoms with E-state index in [1.54, 1.807) is 38.4 Å². The molecule has 0 radical (unpaired) electrons. The van der Waals surface area contributed by atoms with Crippen LogP contribution >= 0.6 is 0 Å². The van der Waals surface area contributed by atoms with Gasteiger partial charge in [-0.05, 0) is 55.8 Å². The third kappa shape index (κ3) is 8.03. The molecule has 1 aliphatic carbocycles. The smallest absolute Gasteiger partial charge is 0.253 e. The summed E-state index contributed by atoms with van der Waals surface area (Å²) < 4.78 is 0. The molecule has 1 saturated carbocycles. The lowest BCUT2D eigenvalue weighted by molar-refractivity contribution is 0.0827. The molecule has 26 heavy (non-hydrogen) atoms. The Bertz CT molecular complexity index is 528. The number of likely N-dealkylation sites (tertiary alicyclic amines) is 1. The van der Waals surface area contributed by atoms with Gasteiger partial charge < -0.3 is 14.9 Å². The number of terminal acetylenes is 1. The molecule has 2 unspecified atom stereocenters. The molecule has 4 nitrogen and oxygen atoms in total. The van der Waals surface area contributed by atoms with Gasteiger partial charge in [-0.15, -0.1) is 12.8 Å². The van der Waals surface area contributed by atoms with Crippen LogP contribution < -0.4 is 0 Å². The standard InChI is InChI=1S/C10H13NO2.C8H15N.C2H6.C2H2/c1-11(2)10(13)9-5-3-4-8(6-9)7-12;1-9-5-7-2-3-8(4-7)6-9;2*1-2/h3-6,12H,7H2,1-2H3;7-8H,2-6H2,1H3;1-2H3;1-2H. The number of carbonyl (C=O) groups is 1. The molecule has 2 aliphatic rings. The van der Waals surface area contributed by atoms with Crippen LogP contribution in [0, 0.1) is 24.7 Å². The molecule has 4 heteroatoms. The lowest BCUT2D eigenvalue weighted by Gasteiger charge is -2.27. The number of amides is 1. The summed E-state index contributed by atoms with van der Waals surface area (Å²) in [6, 6.07) is 6.98. The van der Waals surface area contributed by atoms with Crippen molar-refractivity contribution < 1.29 is 9.90 Å². The van der Waals surface area contributed by atoms with Gasteiger partial charge in [0.25, 0.3) is 5.91 Å². The molecule has 1 aromatic rings. The maximum absolute atomic E-state index is 11.5. The first-order valence-corrected chi connectivity index (χ1v) is 9.43. The van der Waals surface area contributed by atoms with Crippen molar-refractivity contribution in [1.29, 1.82) is 0 Å². The first-order chi connectivity index (χ1) is 12.5. The molecule has 1 amide bonds. The minimum Gasteiger partial charge on any atom is -0.392 e. The molecule has 146 valence electrons. The van der Waals surface area contributed by atoms with E-state index in [9.17, 15) is 4.79 Å². The largest absolute Gasteiger partial charge is 0.392 e. The lowest BCUT2D eigenvalue weighted by Crippen LogP contribution is -2.32. The van der Waals surface area contributed by atoms with E-state index in [0.29, 0.717) is 5.56 Å². The number of hydrogen-bond donors (Lipinski definition) is 1. The minimum absolute atomic E-state index is 0.0332. The Morgan fingerprint density at radius 2 is 1.73 bits per heavy atom. The van der Waals surface area contributed by atoms with Crippen molar-refractivity contribution in [2.75, 3.05) is 34.2 Å². The Balaban J connectivity index is 0.000000418. The van der Waals surface area contributed by atoms with Gasteiger partial charge in [0.15, 0.2) is 0 Å². The van der Waals surface area contributed by atoms with Crippen molar-refractivity contribution in [2.45, 2.75) is 39.7 Å². The number of hydrogen-bond acceptors (Lipinski definition) is 3. The van der Waals surface area contributed by atoms with E-state index >= 15 is 0 Å². The second kappa shape index (κ2) is 13.4. The van der Waals surface area contributed by atoms with Crippen LogP contribution in [0.2, 0.25) is 0 Å². The molecule has 1 heterocycles. The molecule has 0 spiro atoms. The lowest BCUT2D eigenvalue weighted by atomic mass is 10.00. The van der Waals surface area contributed by atoms with Crippen molar-refractivity contribution in [1.82, 2.24) is 9.80 Å². The van der Waals surface area contributed by atoms with Crippen LogP contribution in [0.3, 0.4) is 0 Å². The SMILES string of the molecule is C#C.CC.CN(C)C(=O)c1cccc(CO)c1.CN1CC2CCC(C2)C1. The van der Waals surface area contributed by atoms with Crippen LogP contribution in [-0.4, -0.2) is 55.0 Å². The number of aliphatic hydroxyl groups excluding tert-OH is 1. The van der Waals surface area contributed by atoms with Crippen LogP contribution in [0.4, 0.5) is 0 Å². The highest BCUT2D eigenvalue weighted by Crippen LogP contribution is 2.35. The molecule has 3 rings (SSSR count). The van der Waals surface area contributed by atoms with E-state index in [1.165, 1.54) is 37.3 Å². The Morgan fingerprint density at radius 1 is 1.19 bits per heavy atom. The molecule has 1 saturated heterocycles. The predicted octanol–water partition coefficient (Wildman–Crippen LogP) is 3.50. The number of aliphatic hydroxyl groups is 1.